The second kappa shape index (κ2) is 6.00. The van der Waals surface area contributed by atoms with E-state index in [1.165, 1.54) is 46.3 Å². The van der Waals surface area contributed by atoms with Gasteiger partial charge in [-0.3, -0.25) is 4.79 Å². The van der Waals surface area contributed by atoms with Crippen LogP contribution in [0.1, 0.15) is 37.4 Å². The Bertz CT molecular complexity index is 720. The molecule has 4 nitrogen and oxygen atoms in total. The first-order valence-corrected chi connectivity index (χ1v) is 8.93. The molecule has 2 atom stereocenters. The molecule has 1 fully saturated rings. The van der Waals surface area contributed by atoms with Gasteiger partial charge in [-0.2, -0.15) is 0 Å². The molecule has 2 aliphatic heterocycles. The van der Waals surface area contributed by atoms with Crippen LogP contribution < -0.4 is 4.90 Å². The van der Waals surface area contributed by atoms with Crippen LogP contribution in [-0.4, -0.2) is 41.5 Å². The smallest absolute Gasteiger partial charge is 0.278 e. The molecule has 4 heteroatoms. The number of carbonyl (C=O) groups is 1. The fourth-order valence-electron chi connectivity index (χ4n) is 4.20. The highest BCUT2D eigenvalue weighted by Crippen LogP contribution is 2.27. The largest absolute Gasteiger partial charge is 0.358 e. The molecule has 1 amide bonds. The number of hydrogen-bond donors (Lipinski definition) is 2. The Hall–Kier alpha value is -1.81. The van der Waals surface area contributed by atoms with Gasteiger partial charge >= 0.3 is 0 Å². The third kappa shape index (κ3) is 2.76. The van der Waals surface area contributed by atoms with Crippen LogP contribution in [-0.2, 0) is 17.8 Å². The van der Waals surface area contributed by atoms with Crippen molar-refractivity contribution in [3.8, 4) is 0 Å². The number of aromatic amines is 1. The van der Waals surface area contributed by atoms with Crippen LogP contribution in [0.25, 0.3) is 10.9 Å². The summed E-state index contributed by atoms with van der Waals surface area (Å²) in [5.74, 6) is 0.324. The first-order chi connectivity index (χ1) is 11.2. The number of carbonyl (C=O) groups excluding carboxylic acids is 1. The summed E-state index contributed by atoms with van der Waals surface area (Å²) in [6, 6.07) is 9.06. The van der Waals surface area contributed by atoms with Crippen molar-refractivity contribution in [2.24, 2.45) is 0 Å². The minimum atomic E-state index is 0.324. The van der Waals surface area contributed by atoms with E-state index in [1.807, 2.05) is 0 Å². The maximum Gasteiger partial charge on any atom is 0.278 e. The molecule has 2 aliphatic rings. The molecule has 4 rings (SSSR count). The number of likely N-dealkylation sites (tertiary alicyclic amines) is 1. The second-order valence-corrected chi connectivity index (χ2v) is 7.17. The lowest BCUT2D eigenvalue weighted by atomic mass is 10.0. The Morgan fingerprint density at radius 3 is 3.09 bits per heavy atom. The van der Waals surface area contributed by atoms with Crippen LogP contribution in [0, 0.1) is 0 Å². The van der Waals surface area contributed by atoms with E-state index in [1.54, 1.807) is 0 Å². The molecular formula is C19H26N3O+. The van der Waals surface area contributed by atoms with E-state index in [0.29, 0.717) is 18.5 Å². The van der Waals surface area contributed by atoms with Crippen molar-refractivity contribution in [2.75, 3.05) is 19.6 Å². The van der Waals surface area contributed by atoms with Gasteiger partial charge in [0, 0.05) is 41.7 Å². The summed E-state index contributed by atoms with van der Waals surface area (Å²) in [7, 11) is 0. The number of hydrogen-bond acceptors (Lipinski definition) is 1. The van der Waals surface area contributed by atoms with Crippen LogP contribution >= 0.6 is 0 Å². The van der Waals surface area contributed by atoms with E-state index < -0.39 is 0 Å². The van der Waals surface area contributed by atoms with Gasteiger partial charge in [0.2, 0.25) is 0 Å². The highest BCUT2D eigenvalue weighted by molar-refractivity contribution is 5.86. The van der Waals surface area contributed by atoms with Crippen LogP contribution in [0.15, 0.2) is 24.3 Å². The zero-order chi connectivity index (χ0) is 15.8. The maximum atomic E-state index is 12.8. The van der Waals surface area contributed by atoms with Crippen molar-refractivity contribution in [1.29, 1.82) is 0 Å². The van der Waals surface area contributed by atoms with E-state index in [0.717, 1.165) is 26.1 Å². The third-order valence-electron chi connectivity index (χ3n) is 5.70. The Kier molecular flexibility index (Phi) is 3.85. The molecule has 1 unspecified atom stereocenters. The summed E-state index contributed by atoms with van der Waals surface area (Å²) in [6.45, 7) is 5.72. The van der Waals surface area contributed by atoms with Gasteiger partial charge in [-0.15, -0.1) is 0 Å². The van der Waals surface area contributed by atoms with E-state index in [9.17, 15) is 4.79 Å². The minimum Gasteiger partial charge on any atom is -0.358 e. The van der Waals surface area contributed by atoms with E-state index in [4.69, 9.17) is 0 Å². The Balaban J connectivity index is 1.50. The predicted octanol–water partition coefficient (Wildman–Crippen LogP) is 1.51. The number of amides is 1. The number of benzene rings is 1. The molecule has 3 heterocycles. The fourth-order valence-corrected chi connectivity index (χ4v) is 4.20. The lowest BCUT2D eigenvalue weighted by Gasteiger charge is -2.33. The molecule has 2 N–H and O–H groups in total. The summed E-state index contributed by atoms with van der Waals surface area (Å²) >= 11 is 0. The highest BCUT2D eigenvalue weighted by Gasteiger charge is 2.29. The highest BCUT2D eigenvalue weighted by atomic mass is 16.2. The number of piperidine rings is 1. The molecule has 0 bridgehead atoms. The van der Waals surface area contributed by atoms with Gasteiger partial charge in [0.25, 0.3) is 5.91 Å². The standard InChI is InChI=1S/C19H25N3O/c1-14-6-4-5-10-21(14)13-19(23)22-11-9-18-16(12-22)15-7-2-3-8-17(15)20-18/h2-3,7-8,14,20H,4-6,9-13H2,1H3/p+1/t14-/m0/s1. The predicted molar refractivity (Wildman–Crippen MR) is 91.4 cm³/mol. The van der Waals surface area contributed by atoms with Crippen LogP contribution in [0.2, 0.25) is 0 Å². The minimum absolute atomic E-state index is 0.324. The van der Waals surface area contributed by atoms with Crippen molar-refractivity contribution in [2.45, 2.75) is 45.2 Å². The third-order valence-corrected chi connectivity index (χ3v) is 5.70. The van der Waals surface area contributed by atoms with Crippen LogP contribution in [0.3, 0.4) is 0 Å². The zero-order valence-corrected chi connectivity index (χ0v) is 13.9. The molecule has 0 aliphatic carbocycles. The lowest BCUT2D eigenvalue weighted by Crippen LogP contribution is -3.17. The molecule has 23 heavy (non-hydrogen) atoms. The number of nitrogens with zero attached hydrogens (tertiary/aromatic N) is 1. The number of nitrogens with one attached hydrogen (secondary N) is 2. The molecule has 0 saturated carbocycles. The number of para-hydroxylation sites is 1. The molecule has 2 aromatic rings. The first kappa shape index (κ1) is 14.8. The van der Waals surface area contributed by atoms with E-state index in [2.05, 4.69) is 41.1 Å². The SMILES string of the molecule is C[C@H]1CCCC[NH+]1CC(=O)N1CCc2[nH]c3ccccc3c2C1. The lowest BCUT2D eigenvalue weighted by molar-refractivity contribution is -0.921. The van der Waals surface area contributed by atoms with Crippen molar-refractivity contribution in [3.63, 3.8) is 0 Å². The zero-order valence-electron chi connectivity index (χ0n) is 13.9. The molecule has 1 aromatic carbocycles. The van der Waals surface area contributed by atoms with Crippen LogP contribution in [0.5, 0.6) is 0 Å². The van der Waals surface area contributed by atoms with Gasteiger partial charge in [-0.25, -0.2) is 0 Å². The van der Waals surface area contributed by atoms with Crippen molar-refractivity contribution in [3.05, 3.63) is 35.5 Å². The summed E-state index contributed by atoms with van der Waals surface area (Å²) in [6.07, 6.45) is 4.79. The summed E-state index contributed by atoms with van der Waals surface area (Å²) in [5, 5.41) is 1.28. The Labute approximate surface area is 137 Å². The van der Waals surface area contributed by atoms with E-state index in [-0.39, 0.29) is 0 Å². The molecule has 0 radical (unpaired) electrons. The van der Waals surface area contributed by atoms with Crippen molar-refractivity contribution < 1.29 is 9.69 Å². The topological polar surface area (TPSA) is 40.5 Å². The number of rotatable bonds is 2. The number of quaternary nitrogens is 1. The average Bonchev–Trinajstić information content (AvgIpc) is 2.94. The quantitative estimate of drug-likeness (QED) is 0.867. The van der Waals surface area contributed by atoms with Gasteiger partial charge in [-0.1, -0.05) is 18.2 Å². The van der Waals surface area contributed by atoms with Gasteiger partial charge in [0.15, 0.2) is 6.54 Å². The summed E-state index contributed by atoms with van der Waals surface area (Å²) < 4.78 is 0. The number of H-pyrrole nitrogens is 1. The number of fused-ring (bicyclic) bond motifs is 3. The molecule has 0 spiro atoms. The summed E-state index contributed by atoms with van der Waals surface area (Å²) in [5.41, 5.74) is 3.83. The Morgan fingerprint density at radius 2 is 2.22 bits per heavy atom. The molecular weight excluding hydrogens is 286 g/mol. The second-order valence-electron chi connectivity index (χ2n) is 7.17. The fraction of sp³-hybridized carbons (Fsp3) is 0.526. The van der Waals surface area contributed by atoms with Gasteiger partial charge in [-0.05, 0) is 32.3 Å². The first-order valence-electron chi connectivity index (χ1n) is 8.93. The van der Waals surface area contributed by atoms with Gasteiger partial charge < -0.3 is 14.8 Å². The van der Waals surface area contributed by atoms with E-state index >= 15 is 0 Å². The van der Waals surface area contributed by atoms with Crippen molar-refractivity contribution >= 4 is 16.8 Å². The normalized spacial score (nSPS) is 24.7. The Morgan fingerprint density at radius 1 is 1.35 bits per heavy atom. The summed E-state index contributed by atoms with van der Waals surface area (Å²) in [4.78, 5) is 19.8. The van der Waals surface area contributed by atoms with Gasteiger partial charge in [0.05, 0.1) is 12.6 Å². The monoisotopic (exact) mass is 312 g/mol. The molecule has 122 valence electrons. The van der Waals surface area contributed by atoms with Crippen molar-refractivity contribution in [1.82, 2.24) is 9.88 Å². The maximum absolute atomic E-state index is 12.8. The average molecular weight is 312 g/mol. The number of aromatic nitrogens is 1. The van der Waals surface area contributed by atoms with Crippen LogP contribution in [0.4, 0.5) is 0 Å². The molecule has 1 saturated heterocycles. The van der Waals surface area contributed by atoms with Gasteiger partial charge in [0.1, 0.15) is 0 Å². The molecule has 1 aromatic heterocycles.